The number of nitriles is 1. The number of hydrogen-bond donors (Lipinski definition) is 2. The van der Waals surface area contributed by atoms with E-state index in [4.69, 9.17) is 5.26 Å². The topological polar surface area (TPSA) is 68.7 Å². The highest BCUT2D eigenvalue weighted by atomic mass is 16.1. The molecule has 0 unspecified atom stereocenters. The maximum Gasteiger partial charge on any atom is 0.234 e. The minimum absolute atomic E-state index is 0.0826. The summed E-state index contributed by atoms with van der Waals surface area (Å²) in [6.45, 7) is 0.452. The number of nitrogens with one attached hydrogen (secondary N) is 2. The summed E-state index contributed by atoms with van der Waals surface area (Å²) < 4.78 is 0. The second-order valence-electron chi connectivity index (χ2n) is 2.31. The van der Waals surface area contributed by atoms with Crippen LogP contribution in [-0.2, 0) is 11.3 Å². The highest BCUT2D eigenvalue weighted by Gasteiger charge is 1.98. The van der Waals surface area contributed by atoms with Crippen molar-refractivity contribution in [2.75, 3.05) is 0 Å². The van der Waals surface area contributed by atoms with Crippen molar-refractivity contribution in [2.24, 2.45) is 0 Å². The maximum atomic E-state index is 10.8. The van der Waals surface area contributed by atoms with Gasteiger partial charge in [-0.25, -0.2) is 0 Å². The van der Waals surface area contributed by atoms with Crippen LogP contribution >= 0.6 is 0 Å². The fraction of sp³-hybridized carbons (Fsp3) is 0.250. The lowest BCUT2D eigenvalue weighted by Gasteiger charge is -1.98. The van der Waals surface area contributed by atoms with Crippen molar-refractivity contribution in [3.63, 3.8) is 0 Å². The predicted molar refractivity (Wildman–Crippen MR) is 42.9 cm³/mol. The maximum absolute atomic E-state index is 10.8. The molecule has 0 atom stereocenters. The average molecular weight is 163 g/mol. The molecule has 2 N–H and O–H groups in total. The van der Waals surface area contributed by atoms with E-state index in [-0.39, 0.29) is 12.3 Å². The van der Waals surface area contributed by atoms with Gasteiger partial charge in [0.05, 0.1) is 12.6 Å². The van der Waals surface area contributed by atoms with E-state index in [2.05, 4.69) is 10.3 Å². The van der Waals surface area contributed by atoms with Crippen molar-refractivity contribution in [2.45, 2.75) is 13.0 Å². The van der Waals surface area contributed by atoms with Gasteiger partial charge in [-0.2, -0.15) is 5.26 Å². The van der Waals surface area contributed by atoms with Crippen molar-refractivity contribution in [3.05, 3.63) is 24.0 Å². The first-order chi connectivity index (χ1) is 5.83. The minimum atomic E-state index is -0.243. The molecule has 1 heterocycles. The molecule has 1 rings (SSSR count). The van der Waals surface area contributed by atoms with E-state index in [0.717, 1.165) is 5.69 Å². The molecule has 1 aromatic heterocycles. The summed E-state index contributed by atoms with van der Waals surface area (Å²) in [4.78, 5) is 13.7. The summed E-state index contributed by atoms with van der Waals surface area (Å²) in [6, 6.07) is 5.50. The van der Waals surface area contributed by atoms with E-state index in [1.54, 1.807) is 12.3 Å². The van der Waals surface area contributed by atoms with Crippen molar-refractivity contribution >= 4 is 5.91 Å². The highest BCUT2D eigenvalue weighted by Crippen LogP contribution is 1.92. The summed E-state index contributed by atoms with van der Waals surface area (Å²) in [5.74, 6) is -0.243. The first-order valence-electron chi connectivity index (χ1n) is 3.59. The molecule has 0 aromatic carbocycles. The second kappa shape index (κ2) is 4.19. The van der Waals surface area contributed by atoms with Gasteiger partial charge >= 0.3 is 0 Å². The lowest BCUT2D eigenvalue weighted by Crippen LogP contribution is -2.21. The molecule has 1 aromatic rings. The van der Waals surface area contributed by atoms with E-state index in [0.29, 0.717) is 6.54 Å². The Kier molecular flexibility index (Phi) is 2.91. The Morgan fingerprint density at radius 2 is 2.58 bits per heavy atom. The fourth-order valence-electron chi connectivity index (χ4n) is 0.806. The number of carbonyl (C=O) groups is 1. The van der Waals surface area contributed by atoms with Gasteiger partial charge in [-0.15, -0.1) is 0 Å². The van der Waals surface area contributed by atoms with Gasteiger partial charge < -0.3 is 10.3 Å². The number of aromatic amines is 1. The molecule has 62 valence electrons. The lowest BCUT2D eigenvalue weighted by atomic mass is 10.4. The largest absolute Gasteiger partial charge is 0.364 e. The van der Waals surface area contributed by atoms with Crippen LogP contribution in [0.4, 0.5) is 0 Å². The standard InChI is InChI=1S/C8H9N3O/c9-4-3-8(12)11-6-7-2-1-5-10-7/h1-2,5,10H,3,6H2,(H,11,12). The summed E-state index contributed by atoms with van der Waals surface area (Å²) in [6.07, 6.45) is 1.70. The van der Waals surface area contributed by atoms with Gasteiger partial charge in [0, 0.05) is 11.9 Å². The van der Waals surface area contributed by atoms with Crippen LogP contribution in [0.15, 0.2) is 18.3 Å². The molecule has 0 aliphatic rings. The van der Waals surface area contributed by atoms with Crippen LogP contribution in [0, 0.1) is 11.3 Å². The minimum Gasteiger partial charge on any atom is -0.364 e. The predicted octanol–water partition coefficient (Wildman–Crippen LogP) is 0.545. The van der Waals surface area contributed by atoms with Gasteiger partial charge in [-0.3, -0.25) is 4.79 Å². The third-order valence-corrected chi connectivity index (χ3v) is 1.38. The number of carbonyl (C=O) groups excluding carboxylic acids is 1. The van der Waals surface area contributed by atoms with Crippen LogP contribution in [0.2, 0.25) is 0 Å². The Morgan fingerprint density at radius 3 is 3.17 bits per heavy atom. The van der Waals surface area contributed by atoms with E-state index in [1.807, 2.05) is 12.1 Å². The summed E-state index contributed by atoms with van der Waals surface area (Å²) in [5, 5.41) is 10.8. The Balaban J connectivity index is 2.28. The van der Waals surface area contributed by atoms with Gasteiger partial charge in [-0.1, -0.05) is 0 Å². The van der Waals surface area contributed by atoms with E-state index < -0.39 is 0 Å². The third-order valence-electron chi connectivity index (χ3n) is 1.38. The Labute approximate surface area is 70.2 Å². The van der Waals surface area contributed by atoms with Gasteiger partial charge in [0.1, 0.15) is 6.42 Å². The third kappa shape index (κ3) is 2.46. The van der Waals surface area contributed by atoms with Crippen molar-refractivity contribution in [1.29, 1.82) is 5.26 Å². The molecule has 4 nitrogen and oxygen atoms in total. The quantitative estimate of drug-likeness (QED) is 0.683. The van der Waals surface area contributed by atoms with E-state index in [1.165, 1.54) is 0 Å². The van der Waals surface area contributed by atoms with Crippen LogP contribution in [0.25, 0.3) is 0 Å². The molecule has 0 bridgehead atoms. The average Bonchev–Trinajstić information content (AvgIpc) is 2.53. The zero-order valence-electron chi connectivity index (χ0n) is 6.50. The monoisotopic (exact) mass is 163 g/mol. The summed E-state index contributed by atoms with van der Waals surface area (Å²) >= 11 is 0. The first kappa shape index (κ1) is 8.34. The first-order valence-corrected chi connectivity index (χ1v) is 3.59. The normalized spacial score (nSPS) is 8.92. The van der Waals surface area contributed by atoms with Crippen molar-refractivity contribution in [3.8, 4) is 6.07 Å². The van der Waals surface area contributed by atoms with Crippen molar-refractivity contribution in [1.82, 2.24) is 10.3 Å². The Morgan fingerprint density at radius 1 is 1.75 bits per heavy atom. The molecule has 0 aliphatic heterocycles. The molecule has 0 saturated heterocycles. The number of hydrogen-bond acceptors (Lipinski definition) is 2. The van der Waals surface area contributed by atoms with E-state index >= 15 is 0 Å². The molecule has 0 aliphatic carbocycles. The van der Waals surface area contributed by atoms with Gasteiger partial charge in [0.15, 0.2) is 0 Å². The van der Waals surface area contributed by atoms with Crippen molar-refractivity contribution < 1.29 is 4.79 Å². The molecule has 0 saturated carbocycles. The number of aromatic nitrogens is 1. The van der Waals surface area contributed by atoms with Gasteiger partial charge in [-0.05, 0) is 12.1 Å². The Bertz CT molecular complexity index is 284. The van der Waals surface area contributed by atoms with Gasteiger partial charge in [0.25, 0.3) is 0 Å². The molecule has 12 heavy (non-hydrogen) atoms. The zero-order valence-corrected chi connectivity index (χ0v) is 6.50. The summed E-state index contributed by atoms with van der Waals surface area (Å²) in [7, 11) is 0. The number of amides is 1. The molecular weight excluding hydrogens is 154 g/mol. The van der Waals surface area contributed by atoms with Crippen LogP contribution in [0.1, 0.15) is 12.1 Å². The Hall–Kier alpha value is -1.76. The molecule has 1 amide bonds. The molecular formula is C8H9N3O. The SMILES string of the molecule is N#CCC(=O)NCc1ccc[nH]1. The zero-order chi connectivity index (χ0) is 8.81. The molecule has 0 radical (unpaired) electrons. The number of H-pyrrole nitrogens is 1. The number of nitrogens with zero attached hydrogens (tertiary/aromatic N) is 1. The molecule has 0 spiro atoms. The fourth-order valence-corrected chi connectivity index (χ4v) is 0.806. The van der Waals surface area contributed by atoms with Crippen LogP contribution in [0.5, 0.6) is 0 Å². The smallest absolute Gasteiger partial charge is 0.234 e. The van der Waals surface area contributed by atoms with E-state index in [9.17, 15) is 4.79 Å². The molecule has 4 heteroatoms. The summed E-state index contributed by atoms with van der Waals surface area (Å²) in [5.41, 5.74) is 0.932. The van der Waals surface area contributed by atoms with Gasteiger partial charge in [0.2, 0.25) is 5.91 Å². The highest BCUT2D eigenvalue weighted by molar-refractivity contribution is 5.77. The molecule has 0 fully saturated rings. The number of rotatable bonds is 3. The van der Waals surface area contributed by atoms with Crippen LogP contribution in [0.3, 0.4) is 0 Å². The van der Waals surface area contributed by atoms with Crippen LogP contribution in [-0.4, -0.2) is 10.9 Å². The second-order valence-corrected chi connectivity index (χ2v) is 2.31. The van der Waals surface area contributed by atoms with Crippen LogP contribution < -0.4 is 5.32 Å². The lowest BCUT2D eigenvalue weighted by molar-refractivity contribution is -0.120.